The molecule has 0 atom stereocenters. The molecule has 11 nitrogen and oxygen atoms in total. The number of urea groups is 1. The Labute approximate surface area is 203 Å². The fourth-order valence-corrected chi connectivity index (χ4v) is 2.92. The van der Waals surface area contributed by atoms with Crippen molar-refractivity contribution in [2.24, 2.45) is 0 Å². The Bertz CT molecular complexity index is 1020. The van der Waals surface area contributed by atoms with Gasteiger partial charge in [0.1, 0.15) is 16.1 Å². The zero-order valence-electron chi connectivity index (χ0n) is 16.4. The monoisotopic (exact) mass is 510 g/mol. The molecule has 1 heterocycles. The average Bonchev–Trinajstić information content (AvgIpc) is 2.59. The van der Waals surface area contributed by atoms with E-state index in [2.05, 4.69) is 35.9 Å². The summed E-state index contributed by atoms with van der Waals surface area (Å²) in [5, 5.41) is 2.07. The fourth-order valence-electron chi connectivity index (χ4n) is 1.90. The van der Waals surface area contributed by atoms with E-state index >= 15 is 0 Å². The van der Waals surface area contributed by atoms with Crippen molar-refractivity contribution in [3.8, 4) is 11.6 Å². The first-order valence-corrected chi connectivity index (χ1v) is 10.1. The van der Waals surface area contributed by atoms with Crippen molar-refractivity contribution in [1.82, 2.24) is 9.97 Å². The normalized spacial score (nSPS) is 10.6. The molecule has 1 N–H and O–H groups in total. The molecule has 0 bridgehead atoms. The van der Waals surface area contributed by atoms with Gasteiger partial charge in [-0.25, -0.2) is 9.78 Å². The van der Waals surface area contributed by atoms with Crippen molar-refractivity contribution in [3.63, 3.8) is 0 Å². The number of hydrogen-bond donors (Lipinski definition) is 1. The Morgan fingerprint density at radius 2 is 1.87 bits per heavy atom. The van der Waals surface area contributed by atoms with Crippen LogP contribution in [-0.4, -0.2) is 43.6 Å². The number of benzene rings is 1. The van der Waals surface area contributed by atoms with Crippen LogP contribution in [-0.2, 0) is 15.0 Å². The van der Waals surface area contributed by atoms with Crippen LogP contribution in [0, 0.1) is 0 Å². The average molecular weight is 511 g/mol. The largest absolute Gasteiger partial charge is 1.00 e. The van der Waals surface area contributed by atoms with Crippen molar-refractivity contribution in [2.45, 2.75) is 20.0 Å². The van der Waals surface area contributed by atoms with Gasteiger partial charge in [-0.2, -0.15) is 13.4 Å². The number of amides is 2. The second kappa shape index (κ2) is 11.5. The molecular formula is C16H16BrN4NaO7S. The van der Waals surface area contributed by atoms with Crippen molar-refractivity contribution < 1.29 is 61.2 Å². The first-order valence-electron chi connectivity index (χ1n) is 7.96. The minimum atomic E-state index is -4.76. The van der Waals surface area contributed by atoms with Gasteiger partial charge < -0.3 is 19.0 Å². The summed E-state index contributed by atoms with van der Waals surface area (Å²) in [5.74, 6) is -1.25. The van der Waals surface area contributed by atoms with Gasteiger partial charge >= 0.3 is 45.8 Å². The van der Waals surface area contributed by atoms with E-state index in [0.29, 0.717) is 0 Å². The van der Waals surface area contributed by atoms with Crippen LogP contribution >= 0.6 is 15.9 Å². The number of hydrogen-bond acceptors (Lipinski definition) is 9. The van der Waals surface area contributed by atoms with E-state index in [1.165, 1.54) is 37.4 Å². The Hall–Kier alpha value is -1.93. The second-order valence-corrected chi connectivity index (χ2v) is 7.56. The van der Waals surface area contributed by atoms with Gasteiger partial charge in [0.15, 0.2) is 11.8 Å². The number of halogens is 1. The Balaban J connectivity index is 0.00000450. The van der Waals surface area contributed by atoms with Crippen molar-refractivity contribution in [2.75, 3.05) is 12.4 Å². The summed E-state index contributed by atoms with van der Waals surface area (Å²) in [6.45, 7) is 3.27. The fraction of sp³-hybridized carbons (Fsp3) is 0.250. The molecule has 0 radical (unpaired) electrons. The van der Waals surface area contributed by atoms with Crippen molar-refractivity contribution in [3.05, 3.63) is 45.2 Å². The maximum Gasteiger partial charge on any atom is 1.00 e. The van der Waals surface area contributed by atoms with Gasteiger partial charge in [-0.1, -0.05) is 12.1 Å². The maximum absolute atomic E-state index is 12.1. The number of nitrogens with zero attached hydrogens (tertiary/aromatic N) is 3. The Morgan fingerprint density at radius 1 is 1.20 bits per heavy atom. The van der Waals surface area contributed by atoms with E-state index in [0.717, 1.165) is 0 Å². The number of methoxy groups -OCH3 is 1. The van der Waals surface area contributed by atoms with Gasteiger partial charge in [-0.15, -0.1) is 0 Å². The summed E-state index contributed by atoms with van der Waals surface area (Å²) >= 11 is 3.09. The number of carbonyl (C=O) groups excluding carboxylic acids is 2. The van der Waals surface area contributed by atoms with Crippen LogP contribution in [0.25, 0.3) is 4.72 Å². The summed E-state index contributed by atoms with van der Waals surface area (Å²) in [6.07, 6.45) is -0.426. The summed E-state index contributed by atoms with van der Waals surface area (Å²) in [4.78, 5) is 31.7. The van der Waals surface area contributed by atoms with E-state index in [4.69, 9.17) is 13.7 Å². The summed E-state index contributed by atoms with van der Waals surface area (Å²) in [5.41, 5.74) is -0.138. The molecule has 0 aliphatic rings. The molecule has 1 aromatic heterocycles. The quantitative estimate of drug-likeness (QED) is 0.309. The van der Waals surface area contributed by atoms with Crippen molar-refractivity contribution >= 4 is 44.2 Å². The molecule has 0 unspecified atom stereocenters. The molecule has 2 aromatic rings. The van der Waals surface area contributed by atoms with Gasteiger partial charge in [0.25, 0.3) is 0 Å². The molecule has 14 heteroatoms. The third-order valence-electron chi connectivity index (χ3n) is 2.94. The summed E-state index contributed by atoms with van der Waals surface area (Å²) in [7, 11) is -3.41. The zero-order chi connectivity index (χ0) is 21.6. The summed E-state index contributed by atoms with van der Waals surface area (Å²) < 4.78 is 42.2. The smallest absolute Gasteiger partial charge is 0.481 e. The molecule has 1 aromatic carbocycles. The predicted octanol–water partition coefficient (Wildman–Crippen LogP) is 0.0463. The van der Waals surface area contributed by atoms with Gasteiger partial charge in [0.05, 0.1) is 13.2 Å². The van der Waals surface area contributed by atoms with Crippen molar-refractivity contribution in [1.29, 1.82) is 0 Å². The van der Waals surface area contributed by atoms with Crippen LogP contribution in [0.3, 0.4) is 0 Å². The molecule has 2 rings (SSSR count). The molecule has 0 saturated heterocycles. The number of aromatic nitrogens is 2. The van der Waals surface area contributed by atoms with E-state index in [1.807, 2.05) is 0 Å². The number of ether oxygens (including phenoxy) is 2. The predicted molar refractivity (Wildman–Crippen MR) is 105 cm³/mol. The van der Waals surface area contributed by atoms with Crippen LogP contribution < -0.4 is 43.8 Å². The number of rotatable bonds is 7. The number of anilines is 1. The van der Waals surface area contributed by atoms with E-state index in [-0.39, 0.29) is 57.3 Å². The molecule has 2 amide bonds. The Kier molecular flexibility index (Phi) is 9.97. The van der Waals surface area contributed by atoms with Crippen LogP contribution in [0.5, 0.6) is 11.6 Å². The van der Waals surface area contributed by atoms with Gasteiger partial charge in [-0.3, -0.25) is 9.52 Å². The van der Waals surface area contributed by atoms with Crippen LogP contribution in [0.2, 0.25) is 0 Å². The number of carbonyl (C=O) groups is 2. The minimum Gasteiger partial charge on any atom is -0.481 e. The number of esters is 1. The molecule has 156 valence electrons. The van der Waals surface area contributed by atoms with Gasteiger partial charge in [0.2, 0.25) is 5.88 Å². The van der Waals surface area contributed by atoms with Crippen LogP contribution in [0.4, 0.5) is 10.7 Å². The first kappa shape index (κ1) is 26.1. The number of para-hydroxylation sites is 1. The SMILES string of the molecule is COc1cc(Br)nc(NC(=O)[N-]S(=O)(=O)Oc2ccccc2C(=O)OC(C)C)n1.[Na+]. The molecular weight excluding hydrogens is 495 g/mol. The first-order chi connectivity index (χ1) is 13.6. The van der Waals surface area contributed by atoms with Crippen LogP contribution in [0.15, 0.2) is 34.9 Å². The third-order valence-corrected chi connectivity index (χ3v) is 4.12. The second-order valence-electron chi connectivity index (χ2n) is 5.54. The molecule has 0 aliphatic carbocycles. The minimum absolute atomic E-state index is 0. The zero-order valence-corrected chi connectivity index (χ0v) is 20.9. The number of nitrogens with one attached hydrogen (secondary N) is 1. The standard InChI is InChI=1S/C16H17BrN4O7S.Na/c1-9(2)27-14(22)10-6-4-5-7-11(10)28-29(24,25)21-16(23)20-15-18-12(17)8-13(19-15)26-3;/h4-9H,1-3H3,(H2,18,19,20,21,23);/q;+1/p-1. The molecule has 30 heavy (non-hydrogen) atoms. The molecule has 0 spiro atoms. The van der Waals surface area contributed by atoms with Crippen LogP contribution in [0.1, 0.15) is 24.2 Å². The molecule has 0 saturated carbocycles. The summed E-state index contributed by atoms with van der Waals surface area (Å²) in [6, 6.07) is 5.60. The van der Waals surface area contributed by atoms with E-state index < -0.39 is 28.4 Å². The molecule has 0 fully saturated rings. The topological polar surface area (TPSA) is 148 Å². The van der Waals surface area contributed by atoms with E-state index in [9.17, 15) is 18.0 Å². The van der Waals surface area contributed by atoms with Gasteiger partial charge in [0, 0.05) is 6.07 Å². The Morgan fingerprint density at radius 3 is 2.50 bits per heavy atom. The maximum atomic E-state index is 12.1. The molecule has 0 aliphatic heterocycles. The van der Waals surface area contributed by atoms with Gasteiger partial charge in [-0.05, 0) is 41.9 Å². The van der Waals surface area contributed by atoms with E-state index in [1.54, 1.807) is 13.8 Å². The third kappa shape index (κ3) is 8.07.